The lowest BCUT2D eigenvalue weighted by Crippen LogP contribution is -2.33. The van der Waals surface area contributed by atoms with Crippen molar-refractivity contribution in [3.63, 3.8) is 0 Å². The smallest absolute Gasteiger partial charge is 0.0385 e. The molecule has 1 saturated heterocycles. The Bertz CT molecular complexity index is 396. The summed E-state index contributed by atoms with van der Waals surface area (Å²) >= 11 is 0. The van der Waals surface area contributed by atoms with Crippen LogP contribution in [-0.4, -0.2) is 32.1 Å². The minimum Gasteiger partial charge on any atom is -0.319 e. The summed E-state index contributed by atoms with van der Waals surface area (Å²) in [6.07, 6.45) is 4.02. The summed E-state index contributed by atoms with van der Waals surface area (Å²) in [5.74, 6) is 1.33. The zero-order chi connectivity index (χ0) is 14.5. The standard InChI is InChI=1S/C18H30N2/c1-14(2)15-8-10-16(11-9-15)18-17(13-19-3)7-5-6-12-20(18)4/h8-11,14,17-19H,5-7,12-13H2,1-4H3. The minimum absolute atomic E-state index is 0.561. The van der Waals surface area contributed by atoms with Crippen molar-refractivity contribution in [3.8, 4) is 0 Å². The highest BCUT2D eigenvalue weighted by atomic mass is 15.1. The lowest BCUT2D eigenvalue weighted by atomic mass is 9.88. The molecule has 2 atom stereocenters. The summed E-state index contributed by atoms with van der Waals surface area (Å²) in [5, 5.41) is 3.39. The molecule has 0 radical (unpaired) electrons. The molecule has 2 unspecified atom stereocenters. The van der Waals surface area contributed by atoms with E-state index in [-0.39, 0.29) is 0 Å². The fraction of sp³-hybridized carbons (Fsp3) is 0.667. The van der Waals surface area contributed by atoms with Crippen LogP contribution in [0.15, 0.2) is 24.3 Å². The second-order valence-corrected chi connectivity index (χ2v) is 6.56. The third-order valence-electron chi connectivity index (χ3n) is 4.67. The molecule has 1 fully saturated rings. The molecule has 2 nitrogen and oxygen atoms in total. The number of hydrogen-bond acceptors (Lipinski definition) is 2. The lowest BCUT2D eigenvalue weighted by Gasteiger charge is -2.33. The van der Waals surface area contributed by atoms with E-state index in [0.29, 0.717) is 12.0 Å². The number of benzene rings is 1. The summed E-state index contributed by atoms with van der Waals surface area (Å²) in [6, 6.07) is 9.89. The van der Waals surface area contributed by atoms with E-state index in [1.165, 1.54) is 36.9 Å². The number of hydrogen-bond donors (Lipinski definition) is 1. The molecule has 0 bridgehead atoms. The predicted molar refractivity (Wildman–Crippen MR) is 87.2 cm³/mol. The van der Waals surface area contributed by atoms with E-state index in [0.717, 1.165) is 12.5 Å². The van der Waals surface area contributed by atoms with Gasteiger partial charge in [-0.2, -0.15) is 0 Å². The zero-order valence-electron chi connectivity index (χ0n) is 13.5. The highest BCUT2D eigenvalue weighted by molar-refractivity contribution is 5.27. The molecule has 1 N–H and O–H groups in total. The van der Waals surface area contributed by atoms with Crippen LogP contribution in [0.2, 0.25) is 0 Å². The Kier molecular flexibility index (Phi) is 5.62. The van der Waals surface area contributed by atoms with Crippen LogP contribution in [0.25, 0.3) is 0 Å². The molecule has 1 heterocycles. The van der Waals surface area contributed by atoms with Gasteiger partial charge in [-0.15, -0.1) is 0 Å². The average Bonchev–Trinajstić information content (AvgIpc) is 2.61. The Hall–Kier alpha value is -0.860. The second kappa shape index (κ2) is 7.24. The van der Waals surface area contributed by atoms with Crippen molar-refractivity contribution in [3.05, 3.63) is 35.4 Å². The van der Waals surface area contributed by atoms with Crippen molar-refractivity contribution in [1.82, 2.24) is 10.2 Å². The Labute approximate surface area is 124 Å². The number of nitrogens with one attached hydrogen (secondary N) is 1. The summed E-state index contributed by atoms with van der Waals surface area (Å²) in [4.78, 5) is 2.55. The fourth-order valence-corrected chi connectivity index (χ4v) is 3.51. The molecule has 20 heavy (non-hydrogen) atoms. The highest BCUT2D eigenvalue weighted by Gasteiger charge is 2.28. The molecule has 2 heteroatoms. The Balaban J connectivity index is 2.24. The van der Waals surface area contributed by atoms with Gasteiger partial charge in [0.1, 0.15) is 0 Å². The summed E-state index contributed by atoms with van der Waals surface area (Å²) < 4.78 is 0. The minimum atomic E-state index is 0.561. The largest absolute Gasteiger partial charge is 0.319 e. The van der Waals surface area contributed by atoms with Crippen LogP contribution in [0, 0.1) is 5.92 Å². The van der Waals surface area contributed by atoms with Crippen LogP contribution < -0.4 is 5.32 Å². The van der Waals surface area contributed by atoms with E-state index in [9.17, 15) is 0 Å². The van der Waals surface area contributed by atoms with Gasteiger partial charge in [-0.3, -0.25) is 4.90 Å². The van der Waals surface area contributed by atoms with Crippen molar-refractivity contribution in [2.24, 2.45) is 5.92 Å². The summed E-state index contributed by atoms with van der Waals surface area (Å²) in [6.45, 7) is 6.85. The maximum Gasteiger partial charge on any atom is 0.0385 e. The molecule has 1 aliphatic heterocycles. The van der Waals surface area contributed by atoms with E-state index in [2.05, 4.69) is 62.4 Å². The van der Waals surface area contributed by atoms with Gasteiger partial charge in [-0.1, -0.05) is 44.5 Å². The molecular weight excluding hydrogens is 244 g/mol. The van der Waals surface area contributed by atoms with Crippen molar-refractivity contribution >= 4 is 0 Å². The molecular formula is C18H30N2. The van der Waals surface area contributed by atoms with E-state index in [1.807, 2.05) is 0 Å². The molecule has 0 aliphatic carbocycles. The first-order chi connectivity index (χ1) is 9.63. The number of likely N-dealkylation sites (tertiary alicyclic amines) is 1. The molecule has 112 valence electrons. The summed E-state index contributed by atoms with van der Waals surface area (Å²) in [5.41, 5.74) is 2.93. The van der Waals surface area contributed by atoms with Crippen LogP contribution in [0.1, 0.15) is 56.2 Å². The van der Waals surface area contributed by atoms with Crippen molar-refractivity contribution in [1.29, 1.82) is 0 Å². The maximum atomic E-state index is 3.39. The van der Waals surface area contributed by atoms with Crippen LogP contribution in [0.4, 0.5) is 0 Å². The molecule has 1 aliphatic rings. The molecule has 1 aromatic rings. The lowest BCUT2D eigenvalue weighted by molar-refractivity contribution is 0.191. The van der Waals surface area contributed by atoms with Gasteiger partial charge in [0.2, 0.25) is 0 Å². The van der Waals surface area contributed by atoms with Crippen LogP contribution in [-0.2, 0) is 0 Å². The Morgan fingerprint density at radius 2 is 1.90 bits per heavy atom. The maximum absolute atomic E-state index is 3.39. The van der Waals surface area contributed by atoms with Gasteiger partial charge in [-0.05, 0) is 63.0 Å². The Morgan fingerprint density at radius 3 is 2.50 bits per heavy atom. The third-order valence-corrected chi connectivity index (χ3v) is 4.67. The molecule has 0 amide bonds. The zero-order valence-corrected chi connectivity index (χ0v) is 13.5. The topological polar surface area (TPSA) is 15.3 Å². The van der Waals surface area contributed by atoms with Crippen molar-refractivity contribution < 1.29 is 0 Å². The first-order valence-electron chi connectivity index (χ1n) is 8.08. The average molecular weight is 274 g/mol. The second-order valence-electron chi connectivity index (χ2n) is 6.56. The van der Waals surface area contributed by atoms with E-state index in [4.69, 9.17) is 0 Å². The quantitative estimate of drug-likeness (QED) is 0.898. The number of nitrogens with zero attached hydrogens (tertiary/aromatic N) is 1. The van der Waals surface area contributed by atoms with Crippen molar-refractivity contribution in [2.45, 2.75) is 45.1 Å². The van der Waals surface area contributed by atoms with E-state index >= 15 is 0 Å². The highest BCUT2D eigenvalue weighted by Crippen LogP contribution is 2.34. The van der Waals surface area contributed by atoms with E-state index in [1.54, 1.807) is 0 Å². The van der Waals surface area contributed by atoms with Gasteiger partial charge in [-0.25, -0.2) is 0 Å². The molecule has 2 rings (SSSR count). The monoisotopic (exact) mass is 274 g/mol. The van der Waals surface area contributed by atoms with Crippen molar-refractivity contribution in [2.75, 3.05) is 27.2 Å². The van der Waals surface area contributed by atoms with Gasteiger partial charge in [0.05, 0.1) is 0 Å². The predicted octanol–water partition coefficient (Wildman–Crippen LogP) is 3.80. The normalized spacial score (nSPS) is 24.9. The van der Waals surface area contributed by atoms with E-state index < -0.39 is 0 Å². The third kappa shape index (κ3) is 3.62. The first-order valence-corrected chi connectivity index (χ1v) is 8.08. The van der Waals surface area contributed by atoms with Gasteiger partial charge < -0.3 is 5.32 Å². The van der Waals surface area contributed by atoms with Gasteiger partial charge in [0.25, 0.3) is 0 Å². The van der Waals surface area contributed by atoms with Crippen LogP contribution in [0.5, 0.6) is 0 Å². The van der Waals surface area contributed by atoms with Gasteiger partial charge in [0.15, 0.2) is 0 Å². The molecule has 0 aromatic heterocycles. The molecule has 0 saturated carbocycles. The fourth-order valence-electron chi connectivity index (χ4n) is 3.51. The van der Waals surface area contributed by atoms with Gasteiger partial charge >= 0.3 is 0 Å². The van der Waals surface area contributed by atoms with Crippen LogP contribution >= 0.6 is 0 Å². The molecule has 0 spiro atoms. The molecule has 1 aromatic carbocycles. The van der Waals surface area contributed by atoms with Gasteiger partial charge in [0, 0.05) is 6.04 Å². The summed E-state index contributed by atoms with van der Waals surface area (Å²) in [7, 11) is 4.36. The van der Waals surface area contributed by atoms with Crippen LogP contribution in [0.3, 0.4) is 0 Å². The SMILES string of the molecule is CNCC1CCCCN(C)C1c1ccc(C(C)C)cc1. The number of rotatable bonds is 4. The Morgan fingerprint density at radius 1 is 1.20 bits per heavy atom. The first kappa shape index (κ1) is 15.5.